The SMILES string of the molecule is CC(C)N(CCNC(=O)C(Cc1ccccc1)N(S)C(=O)Nc1ccc(Oc2ccc(Cl)cc2)cc1)C(C)C. The third-order valence-electron chi connectivity index (χ3n) is 6.23. The summed E-state index contributed by atoms with van der Waals surface area (Å²) in [4.78, 5) is 28.7. The molecule has 39 heavy (non-hydrogen) atoms. The molecule has 3 aromatic carbocycles. The van der Waals surface area contributed by atoms with Crippen molar-refractivity contribution in [2.24, 2.45) is 0 Å². The van der Waals surface area contributed by atoms with Gasteiger partial charge in [-0.1, -0.05) is 54.7 Å². The van der Waals surface area contributed by atoms with Crippen LogP contribution in [0.15, 0.2) is 78.9 Å². The van der Waals surface area contributed by atoms with Crippen LogP contribution in [-0.4, -0.2) is 52.4 Å². The molecule has 7 nitrogen and oxygen atoms in total. The maximum absolute atomic E-state index is 13.3. The van der Waals surface area contributed by atoms with Gasteiger partial charge in [0.15, 0.2) is 0 Å². The maximum Gasteiger partial charge on any atom is 0.332 e. The van der Waals surface area contributed by atoms with Gasteiger partial charge in [0.25, 0.3) is 0 Å². The highest BCUT2D eigenvalue weighted by Crippen LogP contribution is 2.25. The number of amides is 3. The Kier molecular flexibility index (Phi) is 11.5. The van der Waals surface area contributed by atoms with Gasteiger partial charge in [-0.3, -0.25) is 14.0 Å². The molecule has 1 unspecified atom stereocenters. The third-order valence-corrected chi connectivity index (χ3v) is 6.94. The fourth-order valence-electron chi connectivity index (χ4n) is 4.23. The minimum Gasteiger partial charge on any atom is -0.457 e. The van der Waals surface area contributed by atoms with Gasteiger partial charge in [-0.15, -0.1) is 0 Å². The molecule has 0 aliphatic carbocycles. The van der Waals surface area contributed by atoms with Gasteiger partial charge in [0, 0.05) is 42.3 Å². The zero-order valence-electron chi connectivity index (χ0n) is 22.8. The van der Waals surface area contributed by atoms with Crippen LogP contribution in [0.2, 0.25) is 5.02 Å². The fraction of sp³-hybridized carbons (Fsp3) is 0.333. The number of benzene rings is 3. The number of carbonyl (C=O) groups excluding carboxylic acids is 2. The van der Waals surface area contributed by atoms with Gasteiger partial charge in [-0.05, 0) is 81.8 Å². The van der Waals surface area contributed by atoms with Crippen LogP contribution in [0.5, 0.6) is 11.5 Å². The highest BCUT2D eigenvalue weighted by Gasteiger charge is 2.28. The second-order valence-corrected chi connectivity index (χ2v) is 10.6. The summed E-state index contributed by atoms with van der Waals surface area (Å²) >= 11 is 10.4. The second kappa shape index (κ2) is 14.8. The first-order valence-electron chi connectivity index (χ1n) is 13.0. The molecule has 0 saturated carbocycles. The molecule has 208 valence electrons. The number of thiol groups is 1. The molecule has 9 heteroatoms. The van der Waals surface area contributed by atoms with Gasteiger partial charge in [-0.25, -0.2) is 4.79 Å². The van der Waals surface area contributed by atoms with Gasteiger partial charge in [0.2, 0.25) is 5.91 Å². The average molecular weight is 569 g/mol. The Bertz CT molecular complexity index is 1180. The van der Waals surface area contributed by atoms with Crippen molar-refractivity contribution < 1.29 is 14.3 Å². The van der Waals surface area contributed by atoms with E-state index in [2.05, 4.69) is 56.0 Å². The number of hydrogen-bond acceptors (Lipinski definition) is 5. The van der Waals surface area contributed by atoms with Gasteiger partial charge >= 0.3 is 6.03 Å². The molecule has 0 bridgehead atoms. The monoisotopic (exact) mass is 568 g/mol. The molecule has 1 atom stereocenters. The minimum atomic E-state index is -0.810. The molecule has 3 amide bonds. The van der Waals surface area contributed by atoms with E-state index in [1.165, 1.54) is 0 Å². The van der Waals surface area contributed by atoms with E-state index in [9.17, 15) is 9.59 Å². The van der Waals surface area contributed by atoms with Gasteiger partial charge in [-0.2, -0.15) is 0 Å². The number of nitrogens with one attached hydrogen (secondary N) is 2. The van der Waals surface area contributed by atoms with Crippen LogP contribution in [0, 0.1) is 0 Å². The molecule has 0 saturated heterocycles. The summed E-state index contributed by atoms with van der Waals surface area (Å²) in [5.74, 6) is 0.997. The predicted molar refractivity (Wildman–Crippen MR) is 162 cm³/mol. The Morgan fingerprint density at radius 3 is 2.00 bits per heavy atom. The van der Waals surface area contributed by atoms with Crippen molar-refractivity contribution >= 4 is 42.0 Å². The molecule has 0 heterocycles. The Hall–Kier alpha value is -3.20. The van der Waals surface area contributed by atoms with Crippen LogP contribution < -0.4 is 15.4 Å². The van der Waals surface area contributed by atoms with E-state index in [4.69, 9.17) is 16.3 Å². The second-order valence-electron chi connectivity index (χ2n) is 9.78. The van der Waals surface area contributed by atoms with Crippen LogP contribution in [0.4, 0.5) is 10.5 Å². The van der Waals surface area contributed by atoms with E-state index in [-0.39, 0.29) is 5.91 Å². The zero-order valence-corrected chi connectivity index (χ0v) is 24.5. The number of anilines is 1. The van der Waals surface area contributed by atoms with Crippen LogP contribution >= 0.6 is 24.4 Å². The first kappa shape index (κ1) is 30.3. The molecule has 0 radical (unpaired) electrons. The Balaban J connectivity index is 1.65. The molecule has 0 aromatic heterocycles. The molecule has 0 spiro atoms. The van der Waals surface area contributed by atoms with Crippen LogP contribution in [0.1, 0.15) is 33.3 Å². The first-order chi connectivity index (χ1) is 18.6. The van der Waals surface area contributed by atoms with Crippen LogP contribution in [-0.2, 0) is 11.2 Å². The van der Waals surface area contributed by atoms with Crippen molar-refractivity contribution in [1.82, 2.24) is 14.5 Å². The van der Waals surface area contributed by atoms with Crippen LogP contribution in [0.25, 0.3) is 0 Å². The Morgan fingerprint density at radius 1 is 0.872 bits per heavy atom. The summed E-state index contributed by atoms with van der Waals surface area (Å²) in [6, 6.07) is 23.0. The maximum atomic E-state index is 13.3. The molecule has 3 rings (SSSR count). The number of carbonyl (C=O) groups is 2. The summed E-state index contributed by atoms with van der Waals surface area (Å²) < 4.78 is 6.96. The van der Waals surface area contributed by atoms with Crippen molar-refractivity contribution in [3.05, 3.63) is 89.4 Å². The summed E-state index contributed by atoms with van der Waals surface area (Å²) in [7, 11) is 0. The lowest BCUT2D eigenvalue weighted by atomic mass is 10.1. The van der Waals surface area contributed by atoms with Crippen molar-refractivity contribution in [1.29, 1.82) is 0 Å². The summed E-state index contributed by atoms with van der Waals surface area (Å²) in [6.07, 6.45) is 0.329. The topological polar surface area (TPSA) is 73.9 Å². The van der Waals surface area contributed by atoms with Crippen molar-refractivity contribution in [3.63, 3.8) is 0 Å². The quantitative estimate of drug-likeness (QED) is 0.214. The number of nitrogens with zero attached hydrogens (tertiary/aromatic N) is 2. The summed E-state index contributed by atoms with van der Waals surface area (Å²) in [5, 5.41) is 6.44. The molecule has 0 aliphatic rings. The smallest absolute Gasteiger partial charge is 0.332 e. The van der Waals surface area contributed by atoms with E-state index in [1.807, 2.05) is 30.3 Å². The number of hydrogen-bond donors (Lipinski definition) is 3. The molecule has 2 N–H and O–H groups in total. The third kappa shape index (κ3) is 9.49. The molecule has 0 fully saturated rings. The molecular weight excluding hydrogens is 532 g/mol. The van der Waals surface area contributed by atoms with E-state index in [0.717, 1.165) is 9.87 Å². The standard InChI is InChI=1S/C30H37ClN4O3S/c1-21(2)34(22(3)4)19-18-32-29(36)28(20-23-8-6-5-7-9-23)35(39)30(37)33-25-12-16-27(17-13-25)38-26-14-10-24(31)11-15-26/h5-17,21-22,28,39H,18-20H2,1-4H3,(H,32,36)(H,33,37). The fourth-order valence-corrected chi connectivity index (χ4v) is 4.60. The average Bonchev–Trinajstić information content (AvgIpc) is 2.91. The van der Waals surface area contributed by atoms with E-state index in [0.29, 0.717) is 53.8 Å². The lowest BCUT2D eigenvalue weighted by Crippen LogP contribution is -2.50. The van der Waals surface area contributed by atoms with Crippen molar-refractivity contribution in [2.45, 2.75) is 52.2 Å². The van der Waals surface area contributed by atoms with Gasteiger partial charge in [0.1, 0.15) is 17.5 Å². The molecule has 3 aromatic rings. The predicted octanol–water partition coefficient (Wildman–Crippen LogP) is 6.66. The van der Waals surface area contributed by atoms with Crippen molar-refractivity contribution in [2.75, 3.05) is 18.4 Å². The first-order valence-corrected chi connectivity index (χ1v) is 13.8. The lowest BCUT2D eigenvalue weighted by Gasteiger charge is -2.31. The minimum absolute atomic E-state index is 0.261. The van der Waals surface area contributed by atoms with Crippen LogP contribution in [0.3, 0.4) is 0 Å². The Labute approximate surface area is 242 Å². The Morgan fingerprint density at radius 2 is 1.44 bits per heavy atom. The highest BCUT2D eigenvalue weighted by molar-refractivity contribution is 7.78. The van der Waals surface area contributed by atoms with Gasteiger partial charge < -0.3 is 15.4 Å². The normalized spacial score (nSPS) is 11.9. The lowest BCUT2D eigenvalue weighted by molar-refractivity contribution is -0.124. The summed E-state index contributed by atoms with van der Waals surface area (Å²) in [5.41, 5.74) is 1.48. The van der Waals surface area contributed by atoms with E-state index < -0.39 is 12.1 Å². The highest BCUT2D eigenvalue weighted by atomic mass is 35.5. The number of ether oxygens (including phenoxy) is 1. The molecular formula is C30H37ClN4O3S. The number of urea groups is 1. The summed E-state index contributed by atoms with van der Waals surface area (Å²) in [6.45, 7) is 9.72. The van der Waals surface area contributed by atoms with E-state index >= 15 is 0 Å². The zero-order chi connectivity index (χ0) is 28.4. The number of rotatable bonds is 12. The number of halogens is 1. The van der Waals surface area contributed by atoms with Crippen molar-refractivity contribution in [3.8, 4) is 11.5 Å². The van der Waals surface area contributed by atoms with E-state index in [1.54, 1.807) is 48.5 Å². The molecule has 0 aliphatic heterocycles. The largest absolute Gasteiger partial charge is 0.457 e. The van der Waals surface area contributed by atoms with Gasteiger partial charge in [0.05, 0.1) is 0 Å².